The van der Waals surface area contributed by atoms with E-state index in [1.165, 1.54) is 0 Å². The minimum Gasteiger partial charge on any atom is -0.632 e. The van der Waals surface area contributed by atoms with Gasteiger partial charge < -0.3 is 14.6 Å². The van der Waals surface area contributed by atoms with Gasteiger partial charge in [-0.3, -0.25) is 14.9 Å². The number of rotatable bonds is 3. The number of pyridine rings is 2. The molecule has 154 valence electrons. The summed E-state index contributed by atoms with van der Waals surface area (Å²) in [6.07, 6.45) is 5.32. The smallest absolute Gasteiger partial charge is 0.126 e. The van der Waals surface area contributed by atoms with Crippen LogP contribution in [0.4, 0.5) is 0 Å². The van der Waals surface area contributed by atoms with Gasteiger partial charge in [0, 0.05) is 53.4 Å². The summed E-state index contributed by atoms with van der Waals surface area (Å²) in [4.78, 5) is 11.1. The summed E-state index contributed by atoms with van der Waals surface area (Å²) in [5.74, 6) is 0.788. The fourth-order valence-electron chi connectivity index (χ4n) is 4.43. The van der Waals surface area contributed by atoms with Crippen molar-refractivity contribution in [2.45, 2.75) is 19.2 Å². The standard InChI is InChI=1S/C23H23ClN4O2/c24-19-3-4-20-21(14-19)30-16-18-2-1-7-26-22(18)23(20)27-10-12-28(29,13-11-27)15-17-5-8-25-9-6-17/h1-9,14,23H,10-13,15-16H2. The monoisotopic (exact) mass is 422 g/mol. The molecule has 1 unspecified atom stereocenters. The predicted octanol–water partition coefficient (Wildman–Crippen LogP) is 3.94. The van der Waals surface area contributed by atoms with Gasteiger partial charge in [-0.15, -0.1) is 0 Å². The summed E-state index contributed by atoms with van der Waals surface area (Å²) in [6, 6.07) is 13.6. The van der Waals surface area contributed by atoms with E-state index in [0.717, 1.165) is 28.1 Å². The molecule has 3 aromatic rings. The normalized spacial score (nSPS) is 20.5. The molecule has 6 nitrogen and oxygen atoms in total. The maximum absolute atomic E-state index is 13.4. The first kappa shape index (κ1) is 19.5. The molecule has 5 rings (SSSR count). The van der Waals surface area contributed by atoms with Crippen molar-refractivity contribution in [1.29, 1.82) is 0 Å². The number of hydrogen-bond donors (Lipinski definition) is 0. The lowest BCUT2D eigenvalue weighted by atomic mass is 9.97. The van der Waals surface area contributed by atoms with Gasteiger partial charge in [0.15, 0.2) is 0 Å². The summed E-state index contributed by atoms with van der Waals surface area (Å²) in [6.45, 7) is 3.39. The van der Waals surface area contributed by atoms with Gasteiger partial charge in [0.2, 0.25) is 0 Å². The first-order valence-corrected chi connectivity index (χ1v) is 10.6. The summed E-state index contributed by atoms with van der Waals surface area (Å²) >= 11 is 6.23. The molecule has 0 amide bonds. The molecule has 7 heteroatoms. The fraction of sp³-hybridized carbons (Fsp3) is 0.304. The van der Waals surface area contributed by atoms with Crippen LogP contribution in [0.1, 0.15) is 28.4 Å². The third-order valence-electron chi connectivity index (χ3n) is 6.01. The Labute approximate surface area is 180 Å². The summed E-state index contributed by atoms with van der Waals surface area (Å²) in [5, 5.41) is 14.0. The minimum absolute atomic E-state index is 0.0503. The second-order valence-corrected chi connectivity index (χ2v) is 8.41. The number of piperazine rings is 1. The van der Waals surface area contributed by atoms with E-state index in [9.17, 15) is 5.21 Å². The quantitative estimate of drug-likeness (QED) is 0.472. The number of halogens is 1. The van der Waals surface area contributed by atoms with E-state index in [1.807, 2.05) is 42.6 Å². The Balaban J connectivity index is 1.43. The third kappa shape index (κ3) is 3.79. The molecular formula is C23H23ClN4O2. The average Bonchev–Trinajstić information content (AvgIpc) is 2.92. The Morgan fingerprint density at radius 1 is 1.10 bits per heavy atom. The first-order valence-electron chi connectivity index (χ1n) is 10.2. The number of nitrogens with zero attached hydrogens (tertiary/aromatic N) is 4. The lowest BCUT2D eigenvalue weighted by Gasteiger charge is -2.49. The Morgan fingerprint density at radius 2 is 1.90 bits per heavy atom. The average molecular weight is 423 g/mol. The zero-order chi connectivity index (χ0) is 20.6. The highest BCUT2D eigenvalue weighted by Crippen LogP contribution is 2.40. The molecule has 2 aliphatic heterocycles. The van der Waals surface area contributed by atoms with Gasteiger partial charge in [-0.25, -0.2) is 0 Å². The Bertz CT molecular complexity index is 1040. The van der Waals surface area contributed by atoms with Crippen LogP contribution < -0.4 is 4.74 Å². The summed E-state index contributed by atoms with van der Waals surface area (Å²) in [7, 11) is 0. The fourth-order valence-corrected chi connectivity index (χ4v) is 4.59. The van der Waals surface area contributed by atoms with Crippen molar-refractivity contribution < 1.29 is 9.38 Å². The van der Waals surface area contributed by atoms with Gasteiger partial charge in [0.1, 0.15) is 18.9 Å². The van der Waals surface area contributed by atoms with Crippen molar-refractivity contribution in [2.75, 3.05) is 26.2 Å². The molecular weight excluding hydrogens is 400 g/mol. The number of quaternary nitrogens is 1. The molecule has 0 spiro atoms. The molecule has 1 fully saturated rings. The van der Waals surface area contributed by atoms with Gasteiger partial charge in [0.05, 0.1) is 24.8 Å². The lowest BCUT2D eigenvalue weighted by Crippen LogP contribution is -2.56. The van der Waals surface area contributed by atoms with E-state index < -0.39 is 0 Å². The van der Waals surface area contributed by atoms with E-state index in [0.29, 0.717) is 44.4 Å². The van der Waals surface area contributed by atoms with Crippen LogP contribution in [0.2, 0.25) is 5.02 Å². The van der Waals surface area contributed by atoms with Crippen molar-refractivity contribution in [3.8, 4) is 5.75 Å². The first-order chi connectivity index (χ1) is 14.6. The van der Waals surface area contributed by atoms with Crippen LogP contribution in [0, 0.1) is 5.21 Å². The van der Waals surface area contributed by atoms with Crippen LogP contribution in [0.3, 0.4) is 0 Å². The number of ether oxygens (including phenoxy) is 1. The molecule has 2 aliphatic rings. The van der Waals surface area contributed by atoms with E-state index in [-0.39, 0.29) is 10.7 Å². The minimum atomic E-state index is -0.216. The van der Waals surface area contributed by atoms with Crippen molar-refractivity contribution in [1.82, 2.24) is 14.9 Å². The maximum Gasteiger partial charge on any atom is 0.126 e. The molecule has 2 aromatic heterocycles. The number of hydroxylamine groups is 3. The van der Waals surface area contributed by atoms with Gasteiger partial charge >= 0.3 is 0 Å². The van der Waals surface area contributed by atoms with Crippen LogP contribution in [0.15, 0.2) is 61.1 Å². The number of fused-ring (bicyclic) bond motifs is 2. The highest BCUT2D eigenvalue weighted by atomic mass is 35.5. The van der Waals surface area contributed by atoms with Crippen molar-refractivity contribution in [3.05, 3.63) is 93.7 Å². The van der Waals surface area contributed by atoms with E-state index in [1.54, 1.807) is 12.4 Å². The van der Waals surface area contributed by atoms with Crippen LogP contribution in [0.5, 0.6) is 5.75 Å². The van der Waals surface area contributed by atoms with E-state index in [4.69, 9.17) is 21.3 Å². The lowest BCUT2D eigenvalue weighted by molar-refractivity contribution is -0.898. The second-order valence-electron chi connectivity index (χ2n) is 7.98. The highest BCUT2D eigenvalue weighted by molar-refractivity contribution is 6.30. The zero-order valence-corrected chi connectivity index (χ0v) is 17.3. The predicted molar refractivity (Wildman–Crippen MR) is 115 cm³/mol. The largest absolute Gasteiger partial charge is 0.632 e. The molecule has 0 radical (unpaired) electrons. The second kappa shape index (κ2) is 7.96. The topological polar surface area (TPSA) is 61.3 Å². The highest BCUT2D eigenvalue weighted by Gasteiger charge is 2.35. The molecule has 4 heterocycles. The van der Waals surface area contributed by atoms with E-state index >= 15 is 0 Å². The molecule has 1 atom stereocenters. The van der Waals surface area contributed by atoms with Crippen molar-refractivity contribution >= 4 is 11.6 Å². The van der Waals surface area contributed by atoms with Crippen LogP contribution in [-0.4, -0.2) is 45.7 Å². The Hall–Kier alpha value is -2.51. The Morgan fingerprint density at radius 3 is 2.70 bits per heavy atom. The molecule has 0 N–H and O–H groups in total. The van der Waals surface area contributed by atoms with Crippen LogP contribution in [-0.2, 0) is 13.2 Å². The number of benzene rings is 1. The Kier molecular flexibility index (Phi) is 5.16. The molecule has 0 aliphatic carbocycles. The molecule has 0 bridgehead atoms. The molecule has 1 aromatic carbocycles. The maximum atomic E-state index is 13.4. The SMILES string of the molecule is [O-][N+]1(Cc2ccncc2)CCN(C2c3ccc(Cl)cc3OCc3cccnc32)CC1. The summed E-state index contributed by atoms with van der Waals surface area (Å²) in [5.41, 5.74) is 4.15. The van der Waals surface area contributed by atoms with Gasteiger partial charge in [0.25, 0.3) is 0 Å². The van der Waals surface area contributed by atoms with Gasteiger partial charge in [-0.2, -0.15) is 0 Å². The molecule has 1 saturated heterocycles. The van der Waals surface area contributed by atoms with Crippen molar-refractivity contribution in [3.63, 3.8) is 0 Å². The molecule has 0 saturated carbocycles. The molecule has 30 heavy (non-hydrogen) atoms. The number of hydrogen-bond acceptors (Lipinski definition) is 5. The van der Waals surface area contributed by atoms with Crippen LogP contribution >= 0.6 is 11.6 Å². The summed E-state index contributed by atoms with van der Waals surface area (Å²) < 4.78 is 5.86. The zero-order valence-electron chi connectivity index (χ0n) is 16.6. The van der Waals surface area contributed by atoms with Gasteiger partial charge in [-0.05, 0) is 30.3 Å². The third-order valence-corrected chi connectivity index (χ3v) is 6.25. The van der Waals surface area contributed by atoms with E-state index in [2.05, 4.69) is 16.0 Å². The number of aromatic nitrogens is 2. The van der Waals surface area contributed by atoms with Gasteiger partial charge in [-0.1, -0.05) is 23.7 Å². The van der Waals surface area contributed by atoms with Crippen molar-refractivity contribution in [2.24, 2.45) is 0 Å². The van der Waals surface area contributed by atoms with Crippen LogP contribution in [0.25, 0.3) is 0 Å².